The zero-order chi connectivity index (χ0) is 12.0. The van der Waals surface area contributed by atoms with E-state index < -0.39 is 0 Å². The Hall–Kier alpha value is -1.70. The van der Waals surface area contributed by atoms with Gasteiger partial charge < -0.3 is 15.9 Å². The Kier molecular flexibility index (Phi) is 6.80. The van der Waals surface area contributed by atoms with Gasteiger partial charge in [0.05, 0.1) is 0 Å². The van der Waals surface area contributed by atoms with Crippen molar-refractivity contribution in [3.05, 3.63) is 58.1 Å². The van der Waals surface area contributed by atoms with Gasteiger partial charge in [-0.2, -0.15) is 9.46 Å². The lowest BCUT2D eigenvalue weighted by Gasteiger charge is -1.90. The van der Waals surface area contributed by atoms with Crippen LogP contribution in [0.15, 0.2) is 48.8 Å². The smallest absolute Gasteiger partial charge is 0.142 e. The van der Waals surface area contributed by atoms with Crippen LogP contribution in [-0.2, 0) is 0 Å². The monoisotopic (exact) mass is 272 g/mol. The zero-order valence-electron chi connectivity index (χ0n) is 8.72. The highest BCUT2D eigenvalue weighted by Crippen LogP contribution is 1.87. The lowest BCUT2D eigenvalue weighted by molar-refractivity contribution is 0.180. The van der Waals surface area contributed by atoms with Gasteiger partial charge in [-0.15, -0.1) is 0 Å². The fraction of sp³-hybridized carbons (Fsp3) is 0. The van der Waals surface area contributed by atoms with Gasteiger partial charge in [-0.1, -0.05) is 36.6 Å². The number of hydrogen-bond acceptors (Lipinski definition) is 4. The van der Waals surface area contributed by atoms with Crippen LogP contribution in [0.2, 0.25) is 0 Å². The van der Waals surface area contributed by atoms with E-state index in [1.807, 2.05) is 0 Å². The predicted octanol–water partition coefficient (Wildman–Crippen LogP) is 2.09. The first-order valence-corrected chi connectivity index (χ1v) is 5.17. The number of nitrogens with zero attached hydrogens (tertiary/aromatic N) is 2. The molecule has 5 nitrogen and oxygen atoms in total. The lowest BCUT2D eigenvalue weighted by atomic mass is 10.5. The van der Waals surface area contributed by atoms with Crippen molar-refractivity contribution in [3.63, 3.8) is 0 Å². The van der Waals surface area contributed by atoms with E-state index >= 15 is 0 Å². The van der Waals surface area contributed by atoms with Crippen LogP contribution < -0.4 is 0 Å². The Labute approximate surface area is 108 Å². The second-order valence-electron chi connectivity index (χ2n) is 2.77. The minimum absolute atomic E-state index is 0. The van der Waals surface area contributed by atoms with Gasteiger partial charge in [0.25, 0.3) is 0 Å². The molecule has 2 heterocycles. The van der Waals surface area contributed by atoms with Gasteiger partial charge in [0.1, 0.15) is 9.28 Å². The summed E-state index contributed by atoms with van der Waals surface area (Å²) in [6, 6.07) is 10.3. The molecule has 2 rings (SSSR count). The second kappa shape index (κ2) is 7.55. The van der Waals surface area contributed by atoms with E-state index in [0.29, 0.717) is 9.28 Å². The van der Waals surface area contributed by atoms with Crippen LogP contribution in [0, 0.1) is 9.28 Å². The molecule has 7 heteroatoms. The molecule has 2 aromatic heterocycles. The van der Waals surface area contributed by atoms with Crippen LogP contribution >= 0.6 is 24.4 Å². The van der Waals surface area contributed by atoms with Crippen LogP contribution in [0.3, 0.4) is 0 Å². The molecule has 0 unspecified atom stereocenters. The van der Waals surface area contributed by atoms with E-state index in [0.717, 1.165) is 9.46 Å². The lowest BCUT2D eigenvalue weighted by Crippen LogP contribution is -1.89. The molecule has 0 aromatic carbocycles. The Balaban J connectivity index is 0.000000284. The van der Waals surface area contributed by atoms with Gasteiger partial charge in [0.2, 0.25) is 0 Å². The van der Waals surface area contributed by atoms with Crippen molar-refractivity contribution in [1.29, 1.82) is 0 Å². The van der Waals surface area contributed by atoms with Gasteiger partial charge in [-0.05, 0) is 24.3 Å². The summed E-state index contributed by atoms with van der Waals surface area (Å²) in [5, 5.41) is 17.5. The Bertz CT molecular complexity index is 514. The first-order chi connectivity index (χ1) is 7.61. The molecular weight excluding hydrogens is 260 g/mol. The second-order valence-corrected chi connectivity index (χ2v) is 3.60. The molecule has 4 N–H and O–H groups in total. The summed E-state index contributed by atoms with van der Waals surface area (Å²) < 4.78 is 2.64. The fourth-order valence-electron chi connectivity index (χ4n) is 0.838. The van der Waals surface area contributed by atoms with Gasteiger partial charge in [0.15, 0.2) is 0 Å². The van der Waals surface area contributed by atoms with Crippen molar-refractivity contribution in [2.75, 3.05) is 0 Å². The SMILES string of the molecule is O.On1ccccc1=S.On1ccccc1=S. The number of rotatable bonds is 0. The minimum atomic E-state index is 0. The molecular formula is C10H12N2O3S2. The van der Waals surface area contributed by atoms with E-state index in [9.17, 15) is 0 Å². The van der Waals surface area contributed by atoms with Gasteiger partial charge in [-0.25, -0.2) is 0 Å². The Morgan fingerprint density at radius 2 is 1.12 bits per heavy atom. The molecule has 0 saturated carbocycles. The van der Waals surface area contributed by atoms with E-state index in [1.54, 1.807) is 36.4 Å². The molecule has 0 aliphatic carbocycles. The molecule has 0 bridgehead atoms. The molecule has 0 spiro atoms. The Morgan fingerprint density at radius 1 is 0.765 bits per heavy atom. The maximum Gasteiger partial charge on any atom is 0.142 e. The summed E-state index contributed by atoms with van der Waals surface area (Å²) in [7, 11) is 0. The Morgan fingerprint density at radius 3 is 1.29 bits per heavy atom. The van der Waals surface area contributed by atoms with E-state index in [1.165, 1.54) is 12.4 Å². The van der Waals surface area contributed by atoms with E-state index in [-0.39, 0.29) is 5.48 Å². The summed E-state index contributed by atoms with van der Waals surface area (Å²) in [4.78, 5) is 0. The minimum Gasteiger partial charge on any atom is -0.428 e. The molecule has 0 amide bonds. The summed E-state index contributed by atoms with van der Waals surface area (Å²) in [5.41, 5.74) is 0. The van der Waals surface area contributed by atoms with Gasteiger partial charge >= 0.3 is 0 Å². The number of aromatic nitrogens is 2. The van der Waals surface area contributed by atoms with Gasteiger partial charge in [0, 0.05) is 12.4 Å². The van der Waals surface area contributed by atoms with Crippen molar-refractivity contribution in [3.8, 4) is 0 Å². The number of hydrogen-bond donors (Lipinski definition) is 2. The predicted molar refractivity (Wildman–Crippen MR) is 68.5 cm³/mol. The normalized spacial score (nSPS) is 8.47. The molecule has 0 saturated heterocycles. The third-order valence-corrected chi connectivity index (χ3v) is 2.25. The highest BCUT2D eigenvalue weighted by atomic mass is 32.1. The standard InChI is InChI=1S/2C5H5NOS.H2O/c2*7-6-4-2-1-3-5(6)8;/h2*1-4,7H;1H2. The average molecular weight is 272 g/mol. The maximum absolute atomic E-state index is 8.73. The van der Waals surface area contributed by atoms with Crippen LogP contribution in [0.4, 0.5) is 0 Å². The maximum atomic E-state index is 8.73. The van der Waals surface area contributed by atoms with E-state index in [4.69, 9.17) is 10.4 Å². The van der Waals surface area contributed by atoms with Crippen LogP contribution in [0.1, 0.15) is 0 Å². The molecule has 0 aliphatic rings. The van der Waals surface area contributed by atoms with Crippen LogP contribution in [-0.4, -0.2) is 25.4 Å². The molecule has 17 heavy (non-hydrogen) atoms. The van der Waals surface area contributed by atoms with Crippen LogP contribution in [0.5, 0.6) is 0 Å². The topological polar surface area (TPSA) is 81.8 Å². The van der Waals surface area contributed by atoms with Gasteiger partial charge in [-0.3, -0.25) is 0 Å². The molecule has 0 atom stereocenters. The summed E-state index contributed by atoms with van der Waals surface area (Å²) in [6.07, 6.45) is 2.98. The first kappa shape index (κ1) is 15.3. The largest absolute Gasteiger partial charge is 0.428 e. The molecule has 0 fully saturated rings. The average Bonchev–Trinajstić information content (AvgIpc) is 2.28. The highest BCUT2D eigenvalue weighted by molar-refractivity contribution is 7.71. The van der Waals surface area contributed by atoms with E-state index in [2.05, 4.69) is 24.4 Å². The highest BCUT2D eigenvalue weighted by Gasteiger charge is 1.78. The molecule has 0 aliphatic heterocycles. The zero-order valence-corrected chi connectivity index (χ0v) is 10.4. The van der Waals surface area contributed by atoms with Crippen molar-refractivity contribution in [2.45, 2.75) is 0 Å². The van der Waals surface area contributed by atoms with Crippen molar-refractivity contribution < 1.29 is 15.9 Å². The third kappa shape index (κ3) is 5.25. The third-order valence-electron chi connectivity index (χ3n) is 1.61. The quantitative estimate of drug-likeness (QED) is 0.568. The van der Waals surface area contributed by atoms with Crippen LogP contribution in [0.25, 0.3) is 0 Å². The molecule has 92 valence electrons. The van der Waals surface area contributed by atoms with Crippen molar-refractivity contribution in [2.24, 2.45) is 0 Å². The molecule has 2 aromatic rings. The summed E-state index contributed by atoms with van der Waals surface area (Å²) in [5.74, 6) is 0. The summed E-state index contributed by atoms with van der Waals surface area (Å²) in [6.45, 7) is 0. The first-order valence-electron chi connectivity index (χ1n) is 4.35. The van der Waals surface area contributed by atoms with Crippen molar-refractivity contribution in [1.82, 2.24) is 9.46 Å². The summed E-state index contributed by atoms with van der Waals surface area (Å²) >= 11 is 9.33. The molecule has 0 radical (unpaired) electrons. The number of pyridine rings is 2. The fourth-order valence-corrected chi connectivity index (χ4v) is 1.12. The van der Waals surface area contributed by atoms with Crippen molar-refractivity contribution >= 4 is 24.4 Å².